The van der Waals surface area contributed by atoms with Crippen molar-refractivity contribution < 1.29 is 18.3 Å². The maximum Gasteiger partial charge on any atom is 0.202 e. The second-order valence-electron chi connectivity index (χ2n) is 4.36. The molecule has 0 spiro atoms. The van der Waals surface area contributed by atoms with Crippen LogP contribution in [0.3, 0.4) is 0 Å². The van der Waals surface area contributed by atoms with Crippen LogP contribution in [0.4, 0.5) is 8.78 Å². The van der Waals surface area contributed by atoms with Gasteiger partial charge in [0.15, 0.2) is 6.10 Å². The molecular weight excluding hydrogens is 276 g/mol. The minimum Gasteiger partial charge on any atom is -0.481 e. The summed E-state index contributed by atoms with van der Waals surface area (Å²) in [6.07, 6.45) is -0.927. The average Bonchev–Trinajstić information content (AvgIpc) is 2.47. The van der Waals surface area contributed by atoms with Crippen molar-refractivity contribution in [1.82, 2.24) is 0 Å². The highest BCUT2D eigenvalue weighted by molar-refractivity contribution is 5.99. The highest BCUT2D eigenvalue weighted by Gasteiger charge is 2.19. The summed E-state index contributed by atoms with van der Waals surface area (Å²) >= 11 is 0. The molecule has 0 heterocycles. The largest absolute Gasteiger partial charge is 0.481 e. The van der Waals surface area contributed by atoms with Crippen LogP contribution in [0.1, 0.15) is 22.8 Å². The van der Waals surface area contributed by atoms with E-state index in [1.54, 1.807) is 6.07 Å². The molecule has 21 heavy (non-hydrogen) atoms. The third-order valence-electron chi connectivity index (χ3n) is 2.89. The Hall–Kier alpha value is -2.74. The van der Waals surface area contributed by atoms with Gasteiger partial charge in [0.2, 0.25) is 5.78 Å². The first kappa shape index (κ1) is 14.7. The molecule has 0 amide bonds. The van der Waals surface area contributed by atoms with Gasteiger partial charge in [0.05, 0.1) is 0 Å². The van der Waals surface area contributed by atoms with Crippen LogP contribution in [0.2, 0.25) is 0 Å². The van der Waals surface area contributed by atoms with Crippen molar-refractivity contribution in [2.75, 3.05) is 0 Å². The van der Waals surface area contributed by atoms with Gasteiger partial charge in [-0.3, -0.25) is 4.79 Å². The Bertz CT molecular complexity index is 705. The number of hydrogen-bond acceptors (Lipinski definition) is 3. The van der Waals surface area contributed by atoms with Gasteiger partial charge < -0.3 is 4.74 Å². The molecule has 0 saturated heterocycles. The van der Waals surface area contributed by atoms with E-state index in [4.69, 9.17) is 10.00 Å². The van der Waals surface area contributed by atoms with Crippen LogP contribution < -0.4 is 4.74 Å². The third-order valence-corrected chi connectivity index (χ3v) is 2.89. The molecular formula is C16H11F2NO2. The predicted molar refractivity (Wildman–Crippen MR) is 71.9 cm³/mol. The second-order valence-corrected chi connectivity index (χ2v) is 4.36. The van der Waals surface area contributed by atoms with E-state index in [-0.39, 0.29) is 22.7 Å². The van der Waals surface area contributed by atoms with Crippen LogP contribution in [0.5, 0.6) is 5.75 Å². The number of hydrogen-bond donors (Lipinski definition) is 0. The number of nitriles is 1. The summed E-state index contributed by atoms with van der Waals surface area (Å²) < 4.78 is 31.6. The molecule has 5 heteroatoms. The minimum atomic E-state index is -0.927. The van der Waals surface area contributed by atoms with Crippen molar-refractivity contribution in [3.63, 3.8) is 0 Å². The van der Waals surface area contributed by atoms with E-state index in [9.17, 15) is 13.6 Å². The Balaban J connectivity index is 2.20. The fourth-order valence-corrected chi connectivity index (χ4v) is 1.80. The molecule has 1 atom stereocenters. The van der Waals surface area contributed by atoms with Gasteiger partial charge >= 0.3 is 0 Å². The SMILES string of the molecule is CC(Oc1cccc(F)c1C#N)C(=O)c1ccc(F)cc1. The van der Waals surface area contributed by atoms with Crippen LogP contribution >= 0.6 is 0 Å². The van der Waals surface area contributed by atoms with Crippen LogP contribution in [0.25, 0.3) is 0 Å². The van der Waals surface area contributed by atoms with Gasteiger partial charge in [0, 0.05) is 5.56 Å². The molecule has 0 bridgehead atoms. The number of carbonyl (C=O) groups is 1. The van der Waals surface area contributed by atoms with Crippen molar-refractivity contribution >= 4 is 5.78 Å². The summed E-state index contributed by atoms with van der Waals surface area (Å²) in [5, 5.41) is 8.90. The molecule has 0 saturated carbocycles. The first-order chi connectivity index (χ1) is 10.0. The number of nitrogens with zero attached hydrogens (tertiary/aromatic N) is 1. The zero-order chi connectivity index (χ0) is 15.4. The van der Waals surface area contributed by atoms with E-state index in [0.29, 0.717) is 0 Å². The fraction of sp³-hybridized carbons (Fsp3) is 0.125. The van der Waals surface area contributed by atoms with Gasteiger partial charge in [-0.1, -0.05) is 6.07 Å². The Labute approximate surface area is 120 Å². The zero-order valence-electron chi connectivity index (χ0n) is 11.1. The standard InChI is InChI=1S/C16H11F2NO2/c1-10(16(20)11-5-7-12(17)8-6-11)21-15-4-2-3-14(18)13(15)9-19/h2-8,10H,1H3. The number of rotatable bonds is 4. The molecule has 0 aliphatic heterocycles. The van der Waals surface area contributed by atoms with E-state index in [1.807, 2.05) is 0 Å². The van der Waals surface area contributed by atoms with E-state index in [1.165, 1.54) is 43.3 Å². The normalized spacial score (nSPS) is 11.5. The smallest absolute Gasteiger partial charge is 0.202 e. The minimum absolute atomic E-state index is 0.000427. The van der Waals surface area contributed by atoms with Crippen molar-refractivity contribution in [3.8, 4) is 11.8 Å². The Kier molecular flexibility index (Phi) is 4.29. The summed E-state index contributed by atoms with van der Waals surface area (Å²) in [7, 11) is 0. The number of benzene rings is 2. The van der Waals surface area contributed by atoms with Gasteiger partial charge in [-0.05, 0) is 43.3 Å². The van der Waals surface area contributed by atoms with E-state index >= 15 is 0 Å². The number of Topliss-reactive ketones (excluding diaryl/α,β-unsaturated/α-hetero) is 1. The van der Waals surface area contributed by atoms with E-state index in [2.05, 4.69) is 0 Å². The molecule has 0 N–H and O–H groups in total. The van der Waals surface area contributed by atoms with Gasteiger partial charge in [0.1, 0.15) is 29.0 Å². The molecule has 0 radical (unpaired) electrons. The van der Waals surface area contributed by atoms with E-state index in [0.717, 1.165) is 6.07 Å². The fourth-order valence-electron chi connectivity index (χ4n) is 1.80. The average molecular weight is 287 g/mol. The van der Waals surface area contributed by atoms with Crippen molar-refractivity contribution in [3.05, 3.63) is 65.2 Å². The summed E-state index contributed by atoms with van der Waals surface area (Å²) in [6, 6.07) is 10.7. The lowest BCUT2D eigenvalue weighted by Crippen LogP contribution is -2.24. The van der Waals surface area contributed by atoms with E-state index < -0.39 is 17.7 Å². The molecule has 0 aliphatic carbocycles. The number of halogens is 2. The first-order valence-corrected chi connectivity index (χ1v) is 6.18. The first-order valence-electron chi connectivity index (χ1n) is 6.18. The molecule has 106 valence electrons. The lowest BCUT2D eigenvalue weighted by molar-refractivity contribution is 0.0817. The van der Waals surface area contributed by atoms with Crippen molar-refractivity contribution in [2.24, 2.45) is 0 Å². The molecule has 0 aliphatic rings. The highest BCUT2D eigenvalue weighted by Crippen LogP contribution is 2.22. The number of carbonyl (C=O) groups excluding carboxylic acids is 1. The van der Waals surface area contributed by atoms with Gasteiger partial charge in [-0.2, -0.15) is 5.26 Å². The lowest BCUT2D eigenvalue weighted by Gasteiger charge is -2.14. The van der Waals surface area contributed by atoms with Crippen LogP contribution in [0, 0.1) is 23.0 Å². The van der Waals surface area contributed by atoms with Crippen molar-refractivity contribution in [2.45, 2.75) is 13.0 Å². The van der Waals surface area contributed by atoms with Crippen LogP contribution in [0.15, 0.2) is 42.5 Å². The van der Waals surface area contributed by atoms with Crippen LogP contribution in [-0.4, -0.2) is 11.9 Å². The van der Waals surface area contributed by atoms with Gasteiger partial charge in [-0.25, -0.2) is 8.78 Å². The summed E-state index contributed by atoms with van der Waals surface area (Å²) in [6.45, 7) is 1.48. The Morgan fingerprint density at radius 1 is 1.19 bits per heavy atom. The highest BCUT2D eigenvalue weighted by atomic mass is 19.1. The van der Waals surface area contributed by atoms with Crippen LogP contribution in [-0.2, 0) is 0 Å². The molecule has 2 aromatic carbocycles. The lowest BCUT2D eigenvalue weighted by atomic mass is 10.1. The van der Waals surface area contributed by atoms with Crippen molar-refractivity contribution in [1.29, 1.82) is 5.26 Å². The maximum absolute atomic E-state index is 13.4. The number of ketones is 1. The summed E-state index contributed by atoms with van der Waals surface area (Å²) in [5.41, 5.74) is 0.0232. The third kappa shape index (κ3) is 3.23. The Morgan fingerprint density at radius 2 is 1.86 bits per heavy atom. The maximum atomic E-state index is 13.4. The van der Waals surface area contributed by atoms with Gasteiger partial charge in [0.25, 0.3) is 0 Å². The quantitative estimate of drug-likeness (QED) is 0.809. The Morgan fingerprint density at radius 3 is 2.48 bits per heavy atom. The molecule has 2 rings (SSSR count). The number of ether oxygens (including phenoxy) is 1. The molecule has 1 unspecified atom stereocenters. The molecule has 3 nitrogen and oxygen atoms in total. The zero-order valence-corrected chi connectivity index (χ0v) is 11.1. The topological polar surface area (TPSA) is 50.1 Å². The molecule has 2 aromatic rings. The second kappa shape index (κ2) is 6.14. The predicted octanol–water partition coefficient (Wildman–Crippen LogP) is 3.49. The molecule has 0 aromatic heterocycles. The monoisotopic (exact) mass is 287 g/mol. The summed E-state index contributed by atoms with van der Waals surface area (Å²) in [5.74, 6) is -1.54. The van der Waals surface area contributed by atoms with Gasteiger partial charge in [-0.15, -0.1) is 0 Å². The molecule has 0 fully saturated rings. The summed E-state index contributed by atoms with van der Waals surface area (Å²) in [4.78, 5) is 12.1.